The van der Waals surface area contributed by atoms with Gasteiger partial charge in [-0.15, -0.1) is 35.3 Å². The number of thiazole rings is 1. The van der Waals surface area contributed by atoms with E-state index in [9.17, 15) is 4.79 Å². The molecule has 0 aliphatic carbocycles. The molecule has 3 N–H and O–H groups in total. The lowest BCUT2D eigenvalue weighted by molar-refractivity contribution is -0.114. The molecule has 0 radical (unpaired) electrons. The molecule has 27 heavy (non-hydrogen) atoms. The molecule has 2 rings (SSSR count). The number of aryl methyl sites for hydroxylation is 3. The molecule has 0 aliphatic heterocycles. The van der Waals surface area contributed by atoms with Crippen LogP contribution in [0.5, 0.6) is 0 Å². The van der Waals surface area contributed by atoms with Gasteiger partial charge in [-0.1, -0.05) is 19.1 Å². The number of halogens is 1. The SMILES string of the molecule is CCNC(=NCC(=O)Nc1cccc(CC)c1)NCc1nc(C)c(C)s1.I. The zero-order valence-corrected chi connectivity index (χ0v) is 19.4. The molecule has 0 spiro atoms. The summed E-state index contributed by atoms with van der Waals surface area (Å²) in [5, 5.41) is 10.3. The van der Waals surface area contributed by atoms with Gasteiger partial charge in [-0.2, -0.15) is 0 Å². The Balaban J connectivity index is 0.00000364. The van der Waals surface area contributed by atoms with E-state index < -0.39 is 0 Å². The third kappa shape index (κ3) is 7.84. The fraction of sp³-hybridized carbons (Fsp3) is 0.421. The van der Waals surface area contributed by atoms with E-state index in [-0.39, 0.29) is 36.4 Å². The topological polar surface area (TPSA) is 78.4 Å². The predicted octanol–water partition coefficient (Wildman–Crippen LogP) is 3.63. The van der Waals surface area contributed by atoms with Gasteiger partial charge in [-0.05, 0) is 44.9 Å². The zero-order chi connectivity index (χ0) is 18.9. The number of amides is 1. The van der Waals surface area contributed by atoms with Crippen molar-refractivity contribution in [2.75, 3.05) is 18.4 Å². The summed E-state index contributed by atoms with van der Waals surface area (Å²) < 4.78 is 0. The first-order chi connectivity index (χ1) is 12.5. The minimum atomic E-state index is -0.142. The summed E-state index contributed by atoms with van der Waals surface area (Å²) in [7, 11) is 0. The third-order valence-electron chi connectivity index (χ3n) is 3.82. The molecule has 8 heteroatoms. The lowest BCUT2D eigenvalue weighted by atomic mass is 10.1. The summed E-state index contributed by atoms with van der Waals surface area (Å²) in [5.41, 5.74) is 3.05. The Kier molecular flexibility index (Phi) is 10.3. The normalized spacial score (nSPS) is 10.9. The number of hydrogen-bond donors (Lipinski definition) is 3. The van der Waals surface area contributed by atoms with Crippen LogP contribution in [0.2, 0.25) is 0 Å². The number of carbonyl (C=O) groups excluding carboxylic acids is 1. The van der Waals surface area contributed by atoms with E-state index in [2.05, 4.69) is 39.8 Å². The Bertz CT molecular complexity index is 756. The monoisotopic (exact) mass is 501 g/mol. The number of nitrogens with zero attached hydrogens (tertiary/aromatic N) is 2. The smallest absolute Gasteiger partial charge is 0.246 e. The molecule has 0 saturated carbocycles. The van der Waals surface area contributed by atoms with Crippen LogP contribution < -0.4 is 16.0 Å². The highest BCUT2D eigenvalue weighted by Gasteiger charge is 2.06. The van der Waals surface area contributed by atoms with Gasteiger partial charge < -0.3 is 16.0 Å². The van der Waals surface area contributed by atoms with Gasteiger partial charge in [0.05, 0.1) is 12.2 Å². The van der Waals surface area contributed by atoms with Crippen LogP contribution in [0.25, 0.3) is 0 Å². The van der Waals surface area contributed by atoms with E-state index in [1.807, 2.05) is 38.1 Å². The Morgan fingerprint density at radius 3 is 2.63 bits per heavy atom. The molecule has 6 nitrogen and oxygen atoms in total. The van der Waals surface area contributed by atoms with E-state index in [1.165, 1.54) is 10.4 Å². The van der Waals surface area contributed by atoms with E-state index in [0.29, 0.717) is 12.5 Å². The molecular weight excluding hydrogens is 473 g/mol. The van der Waals surface area contributed by atoms with Crippen molar-refractivity contribution in [3.8, 4) is 0 Å². The second-order valence-electron chi connectivity index (χ2n) is 5.90. The number of aromatic nitrogens is 1. The fourth-order valence-electron chi connectivity index (χ4n) is 2.34. The minimum Gasteiger partial charge on any atom is -0.357 e. The van der Waals surface area contributed by atoms with Gasteiger partial charge in [0.25, 0.3) is 0 Å². The number of anilines is 1. The van der Waals surface area contributed by atoms with Crippen molar-refractivity contribution in [3.05, 3.63) is 45.4 Å². The van der Waals surface area contributed by atoms with E-state index in [4.69, 9.17) is 0 Å². The van der Waals surface area contributed by atoms with Gasteiger partial charge in [0.1, 0.15) is 11.6 Å². The van der Waals surface area contributed by atoms with Crippen molar-refractivity contribution in [1.82, 2.24) is 15.6 Å². The number of guanidine groups is 1. The highest BCUT2D eigenvalue weighted by molar-refractivity contribution is 14.0. The number of nitrogens with one attached hydrogen (secondary N) is 3. The first-order valence-corrected chi connectivity index (χ1v) is 9.67. The molecule has 0 bridgehead atoms. The molecule has 1 aromatic heterocycles. The highest BCUT2D eigenvalue weighted by atomic mass is 127. The van der Waals surface area contributed by atoms with Crippen LogP contribution in [-0.4, -0.2) is 29.9 Å². The van der Waals surface area contributed by atoms with Crippen molar-refractivity contribution in [3.63, 3.8) is 0 Å². The maximum absolute atomic E-state index is 12.2. The van der Waals surface area contributed by atoms with E-state index in [1.54, 1.807) is 11.3 Å². The lowest BCUT2D eigenvalue weighted by Crippen LogP contribution is -2.37. The second kappa shape index (κ2) is 11.9. The van der Waals surface area contributed by atoms with Crippen molar-refractivity contribution < 1.29 is 4.79 Å². The van der Waals surface area contributed by atoms with Gasteiger partial charge in [-0.25, -0.2) is 9.98 Å². The number of hydrogen-bond acceptors (Lipinski definition) is 4. The molecule has 1 amide bonds. The van der Waals surface area contributed by atoms with Crippen LogP contribution in [-0.2, 0) is 17.8 Å². The van der Waals surface area contributed by atoms with Crippen molar-refractivity contribution >= 4 is 52.9 Å². The van der Waals surface area contributed by atoms with Gasteiger partial charge in [0.15, 0.2) is 5.96 Å². The van der Waals surface area contributed by atoms with Gasteiger partial charge in [0, 0.05) is 17.1 Å². The summed E-state index contributed by atoms with van der Waals surface area (Å²) >= 11 is 1.67. The summed E-state index contributed by atoms with van der Waals surface area (Å²) in [5.74, 6) is 0.465. The molecule has 0 aliphatic rings. The largest absolute Gasteiger partial charge is 0.357 e. The predicted molar refractivity (Wildman–Crippen MR) is 124 cm³/mol. The van der Waals surface area contributed by atoms with Crippen LogP contribution in [0.4, 0.5) is 5.69 Å². The lowest BCUT2D eigenvalue weighted by Gasteiger charge is -2.10. The standard InChI is InChI=1S/C19H27N5OS.HI/c1-5-15-8-7-9-16(10-15)24-17(25)11-21-19(20-6-2)22-12-18-23-13(3)14(4)26-18;/h7-10H,5-6,11-12H2,1-4H3,(H,24,25)(H2,20,21,22);1H. The highest BCUT2D eigenvalue weighted by Crippen LogP contribution is 2.15. The Morgan fingerprint density at radius 2 is 2.00 bits per heavy atom. The summed E-state index contributed by atoms with van der Waals surface area (Å²) in [4.78, 5) is 22.2. The number of rotatable bonds is 7. The number of carbonyl (C=O) groups is 1. The van der Waals surface area contributed by atoms with Crippen LogP contribution >= 0.6 is 35.3 Å². The summed E-state index contributed by atoms with van der Waals surface area (Å²) in [6, 6.07) is 7.86. The first-order valence-electron chi connectivity index (χ1n) is 8.85. The van der Waals surface area contributed by atoms with Crippen molar-refractivity contribution in [1.29, 1.82) is 0 Å². The molecule has 0 atom stereocenters. The van der Waals surface area contributed by atoms with E-state index >= 15 is 0 Å². The number of aliphatic imine (C=N–C) groups is 1. The molecule has 1 aromatic carbocycles. The first kappa shape index (κ1) is 23.4. The number of benzene rings is 1. The molecule has 2 aromatic rings. The molecular formula is C19H28IN5OS. The summed E-state index contributed by atoms with van der Waals surface area (Å²) in [6.07, 6.45) is 0.937. The van der Waals surface area contributed by atoms with Gasteiger partial charge in [0.2, 0.25) is 5.91 Å². The molecule has 148 valence electrons. The second-order valence-corrected chi connectivity index (χ2v) is 7.19. The Morgan fingerprint density at radius 1 is 1.22 bits per heavy atom. The average molecular weight is 501 g/mol. The van der Waals surface area contributed by atoms with Crippen LogP contribution in [0.3, 0.4) is 0 Å². The summed E-state index contributed by atoms with van der Waals surface area (Å²) in [6.45, 7) is 9.52. The van der Waals surface area contributed by atoms with Crippen molar-refractivity contribution in [2.24, 2.45) is 4.99 Å². The minimum absolute atomic E-state index is 0. The van der Waals surface area contributed by atoms with E-state index in [0.717, 1.165) is 29.4 Å². The maximum atomic E-state index is 12.2. The average Bonchev–Trinajstić information content (AvgIpc) is 2.95. The van der Waals surface area contributed by atoms with Crippen LogP contribution in [0, 0.1) is 13.8 Å². The Labute approximate surface area is 182 Å². The molecule has 0 unspecified atom stereocenters. The quantitative estimate of drug-likeness (QED) is 0.308. The Hall–Kier alpha value is -1.68. The molecule has 0 fully saturated rings. The van der Waals surface area contributed by atoms with Crippen LogP contribution in [0.15, 0.2) is 29.3 Å². The molecule has 1 heterocycles. The van der Waals surface area contributed by atoms with Gasteiger partial charge in [-0.3, -0.25) is 4.79 Å². The van der Waals surface area contributed by atoms with Crippen LogP contribution in [0.1, 0.15) is 35.0 Å². The van der Waals surface area contributed by atoms with Crippen molar-refractivity contribution in [2.45, 2.75) is 40.7 Å². The third-order valence-corrected chi connectivity index (χ3v) is 4.90. The van der Waals surface area contributed by atoms with Gasteiger partial charge >= 0.3 is 0 Å². The fourth-order valence-corrected chi connectivity index (χ4v) is 3.21. The zero-order valence-electron chi connectivity index (χ0n) is 16.3. The molecule has 0 saturated heterocycles. The maximum Gasteiger partial charge on any atom is 0.246 e.